The van der Waals surface area contributed by atoms with Gasteiger partial charge in [0.05, 0.1) is 5.69 Å². The van der Waals surface area contributed by atoms with Crippen molar-refractivity contribution in [1.82, 2.24) is 5.32 Å². The Labute approximate surface area is 96.2 Å². The predicted molar refractivity (Wildman–Crippen MR) is 61.4 cm³/mol. The van der Waals surface area contributed by atoms with E-state index in [1.807, 2.05) is 6.92 Å². The summed E-state index contributed by atoms with van der Waals surface area (Å²) in [6.45, 7) is 2.52. The first-order valence-corrected chi connectivity index (χ1v) is 5.42. The second-order valence-electron chi connectivity index (χ2n) is 3.01. The van der Waals surface area contributed by atoms with E-state index in [-0.39, 0.29) is 5.69 Å². The fourth-order valence-corrected chi connectivity index (χ4v) is 1.36. The van der Waals surface area contributed by atoms with E-state index in [2.05, 4.69) is 26.6 Å². The maximum atomic E-state index is 13.2. The zero-order valence-corrected chi connectivity index (χ0v) is 9.90. The van der Waals surface area contributed by atoms with Crippen molar-refractivity contribution >= 4 is 27.6 Å². The molecule has 0 fully saturated rings. The molecule has 0 bridgehead atoms. The molecule has 0 spiro atoms. The number of carbonyl (C=O) groups is 1. The predicted octanol–water partition coefficient (Wildman–Crippen LogP) is 3.12. The highest BCUT2D eigenvalue weighted by Gasteiger charge is 2.06. The lowest BCUT2D eigenvalue weighted by Crippen LogP contribution is -2.29. The first-order chi connectivity index (χ1) is 7.13. The molecule has 0 atom stereocenters. The van der Waals surface area contributed by atoms with E-state index in [0.717, 1.165) is 10.9 Å². The van der Waals surface area contributed by atoms with Crippen LogP contribution in [0.15, 0.2) is 22.7 Å². The summed E-state index contributed by atoms with van der Waals surface area (Å²) in [5, 5.41) is 5.03. The minimum absolute atomic E-state index is 0.165. The molecule has 2 amide bonds. The second kappa shape index (κ2) is 5.70. The minimum atomic E-state index is -0.454. The molecule has 0 aliphatic carbocycles. The van der Waals surface area contributed by atoms with Crippen LogP contribution in [0.3, 0.4) is 0 Å². The average Bonchev–Trinajstić information content (AvgIpc) is 2.20. The SMILES string of the molecule is CCCNC(=O)Nc1cc(Br)ccc1F. The Morgan fingerprint density at radius 2 is 2.27 bits per heavy atom. The molecule has 0 aliphatic rings. The number of amides is 2. The van der Waals surface area contributed by atoms with E-state index < -0.39 is 11.8 Å². The zero-order chi connectivity index (χ0) is 11.3. The molecule has 5 heteroatoms. The first-order valence-electron chi connectivity index (χ1n) is 4.63. The summed E-state index contributed by atoms with van der Waals surface area (Å²) in [7, 11) is 0. The number of carbonyl (C=O) groups excluding carboxylic acids is 1. The molecule has 3 nitrogen and oxygen atoms in total. The lowest BCUT2D eigenvalue weighted by Gasteiger charge is -2.07. The summed E-state index contributed by atoms with van der Waals surface area (Å²) < 4.78 is 13.9. The largest absolute Gasteiger partial charge is 0.338 e. The van der Waals surface area contributed by atoms with Crippen LogP contribution in [0.25, 0.3) is 0 Å². The van der Waals surface area contributed by atoms with Gasteiger partial charge in [-0.2, -0.15) is 0 Å². The number of rotatable bonds is 3. The Kier molecular flexibility index (Phi) is 4.55. The van der Waals surface area contributed by atoms with Gasteiger partial charge in [-0.25, -0.2) is 9.18 Å². The lowest BCUT2D eigenvalue weighted by atomic mass is 10.3. The highest BCUT2D eigenvalue weighted by atomic mass is 79.9. The monoisotopic (exact) mass is 274 g/mol. The Balaban J connectivity index is 2.63. The van der Waals surface area contributed by atoms with Crippen molar-refractivity contribution in [3.8, 4) is 0 Å². The maximum Gasteiger partial charge on any atom is 0.319 e. The summed E-state index contributed by atoms with van der Waals surface area (Å²) >= 11 is 3.20. The molecule has 0 aromatic heterocycles. The van der Waals surface area contributed by atoms with Crippen LogP contribution >= 0.6 is 15.9 Å². The van der Waals surface area contributed by atoms with E-state index in [4.69, 9.17) is 0 Å². The van der Waals surface area contributed by atoms with Gasteiger partial charge in [-0.15, -0.1) is 0 Å². The van der Waals surface area contributed by atoms with Gasteiger partial charge in [0.25, 0.3) is 0 Å². The molecule has 1 rings (SSSR count). The van der Waals surface area contributed by atoms with E-state index in [1.54, 1.807) is 6.07 Å². The van der Waals surface area contributed by atoms with Gasteiger partial charge in [0, 0.05) is 11.0 Å². The summed E-state index contributed by atoms with van der Waals surface area (Å²) in [5.74, 6) is -0.454. The number of benzene rings is 1. The van der Waals surface area contributed by atoms with Crippen molar-refractivity contribution in [2.75, 3.05) is 11.9 Å². The molecule has 0 aliphatic heterocycles. The molecule has 1 aromatic carbocycles. The zero-order valence-electron chi connectivity index (χ0n) is 8.31. The summed E-state index contributed by atoms with van der Waals surface area (Å²) in [6, 6.07) is 3.99. The van der Waals surface area contributed by atoms with Gasteiger partial charge in [-0.3, -0.25) is 0 Å². The maximum absolute atomic E-state index is 13.2. The third kappa shape index (κ3) is 3.87. The summed E-state index contributed by atoms with van der Waals surface area (Å²) in [6.07, 6.45) is 0.842. The van der Waals surface area contributed by atoms with E-state index in [9.17, 15) is 9.18 Å². The van der Waals surface area contributed by atoms with Crippen molar-refractivity contribution in [1.29, 1.82) is 0 Å². The van der Waals surface area contributed by atoms with E-state index in [0.29, 0.717) is 6.54 Å². The Morgan fingerprint density at radius 3 is 2.93 bits per heavy atom. The number of hydrogen-bond donors (Lipinski definition) is 2. The van der Waals surface area contributed by atoms with Gasteiger partial charge in [0.15, 0.2) is 0 Å². The van der Waals surface area contributed by atoms with Gasteiger partial charge < -0.3 is 10.6 Å². The molecule has 82 valence electrons. The van der Waals surface area contributed by atoms with Crippen LogP contribution in [0.1, 0.15) is 13.3 Å². The van der Waals surface area contributed by atoms with Gasteiger partial charge in [-0.05, 0) is 24.6 Å². The summed E-state index contributed by atoms with van der Waals surface area (Å²) in [4.78, 5) is 11.2. The molecule has 1 aromatic rings. The van der Waals surface area contributed by atoms with Crippen LogP contribution in [0.2, 0.25) is 0 Å². The topological polar surface area (TPSA) is 41.1 Å². The standard InChI is InChI=1S/C10H12BrFN2O/c1-2-5-13-10(15)14-9-6-7(11)3-4-8(9)12/h3-4,6H,2,5H2,1H3,(H2,13,14,15). The third-order valence-corrected chi connectivity index (χ3v) is 2.21. The first kappa shape index (κ1) is 12.0. The van der Waals surface area contributed by atoms with Crippen LogP contribution in [0, 0.1) is 5.82 Å². The third-order valence-electron chi connectivity index (χ3n) is 1.71. The van der Waals surface area contributed by atoms with Crippen molar-refractivity contribution < 1.29 is 9.18 Å². The highest BCUT2D eigenvalue weighted by molar-refractivity contribution is 9.10. The number of halogens is 2. The fourth-order valence-electron chi connectivity index (χ4n) is 0.998. The molecule has 2 N–H and O–H groups in total. The number of anilines is 1. The van der Waals surface area contributed by atoms with Crippen LogP contribution in [0.4, 0.5) is 14.9 Å². The van der Waals surface area contributed by atoms with Crippen molar-refractivity contribution in [2.24, 2.45) is 0 Å². The normalized spacial score (nSPS) is 9.80. The van der Waals surface area contributed by atoms with Gasteiger partial charge >= 0.3 is 6.03 Å². The molecule has 15 heavy (non-hydrogen) atoms. The molecule has 0 saturated heterocycles. The highest BCUT2D eigenvalue weighted by Crippen LogP contribution is 2.19. The van der Waals surface area contributed by atoms with Crippen LogP contribution in [-0.2, 0) is 0 Å². The van der Waals surface area contributed by atoms with Crippen molar-refractivity contribution in [3.05, 3.63) is 28.5 Å². The van der Waals surface area contributed by atoms with Gasteiger partial charge in [0.1, 0.15) is 5.82 Å². The van der Waals surface area contributed by atoms with E-state index >= 15 is 0 Å². The quantitative estimate of drug-likeness (QED) is 0.874. The smallest absolute Gasteiger partial charge is 0.319 e. The van der Waals surface area contributed by atoms with E-state index in [1.165, 1.54) is 12.1 Å². The Morgan fingerprint density at radius 1 is 1.53 bits per heavy atom. The molecular formula is C10H12BrFN2O. The van der Waals surface area contributed by atoms with Crippen molar-refractivity contribution in [2.45, 2.75) is 13.3 Å². The molecule has 0 unspecified atom stereocenters. The fraction of sp³-hybridized carbons (Fsp3) is 0.300. The van der Waals surface area contributed by atoms with Crippen LogP contribution in [0.5, 0.6) is 0 Å². The Hall–Kier alpha value is -1.10. The van der Waals surface area contributed by atoms with Gasteiger partial charge in [0.2, 0.25) is 0 Å². The molecule has 0 saturated carbocycles. The number of nitrogens with one attached hydrogen (secondary N) is 2. The van der Waals surface area contributed by atoms with Gasteiger partial charge in [-0.1, -0.05) is 22.9 Å². The molecule has 0 radical (unpaired) electrons. The van der Waals surface area contributed by atoms with Crippen LogP contribution < -0.4 is 10.6 Å². The average molecular weight is 275 g/mol. The minimum Gasteiger partial charge on any atom is -0.338 e. The van der Waals surface area contributed by atoms with Crippen molar-refractivity contribution in [3.63, 3.8) is 0 Å². The summed E-state index contributed by atoms with van der Waals surface area (Å²) in [5.41, 5.74) is 0.165. The second-order valence-corrected chi connectivity index (χ2v) is 3.92. The lowest BCUT2D eigenvalue weighted by molar-refractivity contribution is 0.252. The molecular weight excluding hydrogens is 263 g/mol. The molecule has 0 heterocycles. The number of urea groups is 1. The Bertz CT molecular complexity index is 357. The number of hydrogen-bond acceptors (Lipinski definition) is 1. The van der Waals surface area contributed by atoms with Crippen LogP contribution in [-0.4, -0.2) is 12.6 Å².